The Labute approximate surface area is 135 Å². The predicted octanol–water partition coefficient (Wildman–Crippen LogP) is -0.146. The highest BCUT2D eigenvalue weighted by Gasteiger charge is 2.31. The van der Waals surface area contributed by atoms with Crippen LogP contribution in [0.15, 0.2) is 23.6 Å². The van der Waals surface area contributed by atoms with E-state index in [1.54, 1.807) is 12.2 Å². The molecule has 0 bridgehead atoms. The third-order valence-electron chi connectivity index (χ3n) is 4.32. The zero-order chi connectivity index (χ0) is 16.2. The van der Waals surface area contributed by atoms with Gasteiger partial charge in [0.15, 0.2) is 12.0 Å². The molecule has 1 aliphatic carbocycles. The molecule has 0 aromatic carbocycles. The summed E-state index contributed by atoms with van der Waals surface area (Å²) in [5.41, 5.74) is 0.967. The minimum absolute atomic E-state index is 0.0281. The normalized spacial score (nSPS) is 24.7. The molecule has 126 valence electrons. The van der Waals surface area contributed by atoms with Crippen LogP contribution < -0.4 is 5.32 Å². The summed E-state index contributed by atoms with van der Waals surface area (Å²) in [5, 5.41) is 2.94. The number of hydrogen-bond acceptors (Lipinski definition) is 6. The quantitative estimate of drug-likeness (QED) is 0.760. The summed E-state index contributed by atoms with van der Waals surface area (Å²) in [6.07, 6.45) is 4.28. The molecule has 1 atom stereocenters. The molecule has 1 N–H and O–H groups in total. The van der Waals surface area contributed by atoms with Crippen LogP contribution in [0.25, 0.3) is 0 Å². The van der Waals surface area contributed by atoms with Crippen LogP contribution in [0.4, 0.5) is 0 Å². The molecule has 1 saturated heterocycles. The lowest BCUT2D eigenvalue weighted by Gasteiger charge is -2.26. The van der Waals surface area contributed by atoms with Gasteiger partial charge in [0.2, 0.25) is 5.91 Å². The Morgan fingerprint density at radius 1 is 1.35 bits per heavy atom. The first kappa shape index (κ1) is 16.0. The van der Waals surface area contributed by atoms with Crippen LogP contribution in [0.2, 0.25) is 0 Å². The minimum Gasteiger partial charge on any atom is -0.472 e. The Morgan fingerprint density at radius 3 is 2.91 bits per heavy atom. The molecule has 0 aromatic rings. The van der Waals surface area contributed by atoms with Crippen molar-refractivity contribution < 1.29 is 19.1 Å². The maximum Gasteiger partial charge on any atom is 0.234 e. The summed E-state index contributed by atoms with van der Waals surface area (Å²) >= 11 is 0. The van der Waals surface area contributed by atoms with Crippen molar-refractivity contribution in [2.24, 2.45) is 0 Å². The van der Waals surface area contributed by atoms with Gasteiger partial charge in [0.05, 0.1) is 31.9 Å². The lowest BCUT2D eigenvalue weighted by Crippen LogP contribution is -2.43. The van der Waals surface area contributed by atoms with E-state index >= 15 is 0 Å². The van der Waals surface area contributed by atoms with Crippen LogP contribution >= 0.6 is 0 Å². The number of ether oxygens (including phenoxy) is 2. The first-order chi connectivity index (χ1) is 11.1. The number of carbonyl (C=O) groups excluding carboxylic acids is 2. The molecule has 0 spiro atoms. The van der Waals surface area contributed by atoms with Crippen molar-refractivity contribution in [3.05, 3.63) is 23.6 Å². The highest BCUT2D eigenvalue weighted by Crippen LogP contribution is 2.31. The first-order valence-corrected chi connectivity index (χ1v) is 8.04. The van der Waals surface area contributed by atoms with Crippen LogP contribution in [-0.2, 0) is 19.1 Å². The van der Waals surface area contributed by atoms with Crippen molar-refractivity contribution in [3.8, 4) is 0 Å². The van der Waals surface area contributed by atoms with Gasteiger partial charge in [0.25, 0.3) is 0 Å². The maximum atomic E-state index is 11.9. The van der Waals surface area contributed by atoms with Gasteiger partial charge < -0.3 is 19.7 Å². The molecule has 2 aliphatic heterocycles. The number of carbonyl (C=O) groups is 2. The molecule has 1 amide bonds. The third kappa shape index (κ3) is 3.92. The second kappa shape index (κ2) is 7.14. The van der Waals surface area contributed by atoms with Crippen molar-refractivity contribution in [2.45, 2.75) is 19.1 Å². The number of morpholine rings is 1. The van der Waals surface area contributed by atoms with Gasteiger partial charge in [-0.2, -0.15) is 0 Å². The topological polar surface area (TPSA) is 71.1 Å². The molecule has 23 heavy (non-hydrogen) atoms. The second-order valence-electron chi connectivity index (χ2n) is 6.00. The van der Waals surface area contributed by atoms with Crippen LogP contribution in [0.5, 0.6) is 0 Å². The zero-order valence-electron chi connectivity index (χ0n) is 13.4. The number of amides is 1. The van der Waals surface area contributed by atoms with E-state index in [9.17, 15) is 9.59 Å². The van der Waals surface area contributed by atoms with E-state index in [1.165, 1.54) is 0 Å². The summed E-state index contributed by atoms with van der Waals surface area (Å²) in [6, 6.07) is 0. The summed E-state index contributed by atoms with van der Waals surface area (Å²) in [7, 11) is 1.95. The van der Waals surface area contributed by atoms with E-state index in [0.29, 0.717) is 39.1 Å². The van der Waals surface area contributed by atoms with Crippen molar-refractivity contribution in [1.82, 2.24) is 15.1 Å². The molecule has 3 aliphatic rings. The molecular weight excluding hydrogens is 298 g/mol. The van der Waals surface area contributed by atoms with Crippen molar-refractivity contribution in [3.63, 3.8) is 0 Å². The molecule has 7 heteroatoms. The summed E-state index contributed by atoms with van der Waals surface area (Å²) in [6.45, 7) is 3.96. The highest BCUT2D eigenvalue weighted by atomic mass is 16.5. The van der Waals surface area contributed by atoms with Crippen LogP contribution in [0.1, 0.15) is 12.8 Å². The van der Waals surface area contributed by atoms with Crippen molar-refractivity contribution in [1.29, 1.82) is 0 Å². The number of rotatable bonds is 5. The van der Waals surface area contributed by atoms with Crippen LogP contribution in [0, 0.1) is 0 Å². The fourth-order valence-corrected chi connectivity index (χ4v) is 2.99. The van der Waals surface area contributed by atoms with Crippen molar-refractivity contribution >= 4 is 11.7 Å². The van der Waals surface area contributed by atoms with Gasteiger partial charge in [-0.25, -0.2) is 0 Å². The molecule has 0 saturated carbocycles. The van der Waals surface area contributed by atoms with E-state index in [-0.39, 0.29) is 17.9 Å². The Hall–Kier alpha value is -1.86. The SMILES string of the molecule is CN1C2=C(CC(=O)C=C2)OC1CCNC(=O)CN1CCOCC1. The van der Waals surface area contributed by atoms with E-state index < -0.39 is 0 Å². The van der Waals surface area contributed by atoms with Gasteiger partial charge in [-0.15, -0.1) is 0 Å². The van der Waals surface area contributed by atoms with Gasteiger partial charge in [-0.3, -0.25) is 14.5 Å². The lowest BCUT2D eigenvalue weighted by molar-refractivity contribution is -0.123. The molecule has 7 nitrogen and oxygen atoms in total. The van der Waals surface area contributed by atoms with Gasteiger partial charge >= 0.3 is 0 Å². The number of nitrogens with zero attached hydrogens (tertiary/aromatic N) is 2. The number of nitrogens with one attached hydrogen (secondary N) is 1. The summed E-state index contributed by atoms with van der Waals surface area (Å²) in [5.74, 6) is 0.835. The smallest absolute Gasteiger partial charge is 0.234 e. The van der Waals surface area contributed by atoms with Gasteiger partial charge in [-0.05, 0) is 12.2 Å². The van der Waals surface area contributed by atoms with Crippen LogP contribution in [0.3, 0.4) is 0 Å². The Kier molecular flexibility index (Phi) is 4.97. The monoisotopic (exact) mass is 321 g/mol. The Balaban J connectivity index is 1.39. The molecule has 1 fully saturated rings. The van der Waals surface area contributed by atoms with E-state index in [0.717, 1.165) is 24.5 Å². The van der Waals surface area contributed by atoms with Gasteiger partial charge in [-0.1, -0.05) is 0 Å². The Bertz CT molecular complexity index is 537. The molecule has 2 heterocycles. The fourth-order valence-electron chi connectivity index (χ4n) is 2.99. The van der Waals surface area contributed by atoms with E-state index in [4.69, 9.17) is 9.47 Å². The Morgan fingerprint density at radius 2 is 2.13 bits per heavy atom. The fraction of sp³-hybridized carbons (Fsp3) is 0.625. The summed E-state index contributed by atoms with van der Waals surface area (Å²) in [4.78, 5) is 27.5. The zero-order valence-corrected chi connectivity index (χ0v) is 13.4. The maximum absolute atomic E-state index is 11.9. The highest BCUT2D eigenvalue weighted by molar-refractivity contribution is 5.93. The lowest BCUT2D eigenvalue weighted by atomic mass is 10.1. The van der Waals surface area contributed by atoms with Gasteiger partial charge in [0.1, 0.15) is 5.76 Å². The summed E-state index contributed by atoms with van der Waals surface area (Å²) < 4.78 is 11.1. The molecule has 0 radical (unpaired) electrons. The van der Waals surface area contributed by atoms with E-state index in [2.05, 4.69) is 10.2 Å². The number of hydrogen-bond donors (Lipinski definition) is 1. The second-order valence-corrected chi connectivity index (χ2v) is 6.00. The molecular formula is C16H23N3O4. The average Bonchev–Trinajstić information content (AvgIpc) is 2.84. The van der Waals surface area contributed by atoms with Crippen LogP contribution in [-0.4, -0.2) is 74.2 Å². The standard InChI is InChI=1S/C16H23N3O4/c1-18-13-3-2-12(20)10-14(13)23-16(18)4-5-17-15(21)11-19-6-8-22-9-7-19/h2-3,16H,4-11H2,1H3,(H,17,21). The van der Waals surface area contributed by atoms with E-state index in [1.807, 2.05) is 11.9 Å². The number of allylic oxidation sites excluding steroid dienone is 3. The first-order valence-electron chi connectivity index (χ1n) is 8.04. The number of ketones is 1. The van der Waals surface area contributed by atoms with Gasteiger partial charge in [0, 0.05) is 33.1 Å². The predicted molar refractivity (Wildman–Crippen MR) is 83.3 cm³/mol. The van der Waals surface area contributed by atoms with Crippen molar-refractivity contribution in [2.75, 3.05) is 46.4 Å². The number of likely N-dealkylation sites (N-methyl/N-ethyl adjacent to an activating group) is 1. The molecule has 1 unspecified atom stereocenters. The minimum atomic E-state index is -0.126. The average molecular weight is 321 g/mol. The third-order valence-corrected chi connectivity index (χ3v) is 4.32. The largest absolute Gasteiger partial charge is 0.472 e. The molecule has 0 aromatic heterocycles. The molecule has 3 rings (SSSR count).